The molecule has 0 saturated carbocycles. The van der Waals surface area contributed by atoms with Gasteiger partial charge in [-0.1, -0.05) is 0 Å². The maximum atomic E-state index is 5.43. The molecule has 1 aromatic carbocycles. The van der Waals surface area contributed by atoms with Crippen molar-refractivity contribution in [2.75, 3.05) is 13.3 Å². The van der Waals surface area contributed by atoms with E-state index in [2.05, 4.69) is 30.8 Å². The van der Waals surface area contributed by atoms with Gasteiger partial charge in [-0.15, -0.1) is 0 Å². The van der Waals surface area contributed by atoms with Crippen molar-refractivity contribution in [2.45, 2.75) is 13.1 Å². The summed E-state index contributed by atoms with van der Waals surface area (Å²) >= 11 is 3.53. The molecule has 0 atom stereocenters. The van der Waals surface area contributed by atoms with Crippen molar-refractivity contribution in [3.8, 4) is 22.9 Å². The van der Waals surface area contributed by atoms with Crippen molar-refractivity contribution < 1.29 is 9.47 Å². The summed E-state index contributed by atoms with van der Waals surface area (Å²) in [5.41, 5.74) is 2.25. The third kappa shape index (κ3) is 1.74. The van der Waals surface area contributed by atoms with Crippen molar-refractivity contribution >= 4 is 15.9 Å². The molecule has 0 amide bonds. The summed E-state index contributed by atoms with van der Waals surface area (Å²) in [5.74, 6) is 2.57. The number of nitrogens with one attached hydrogen (secondary N) is 1. The van der Waals surface area contributed by atoms with E-state index in [0.717, 1.165) is 47.1 Å². The van der Waals surface area contributed by atoms with Gasteiger partial charge in [0.1, 0.15) is 10.4 Å². The number of aromatic nitrogens is 2. The number of halogens is 1. The molecule has 0 unspecified atom stereocenters. The van der Waals surface area contributed by atoms with Crippen LogP contribution in [0.5, 0.6) is 11.5 Å². The van der Waals surface area contributed by atoms with Crippen LogP contribution in [0.2, 0.25) is 0 Å². The van der Waals surface area contributed by atoms with Gasteiger partial charge in [0.25, 0.3) is 0 Å². The van der Waals surface area contributed by atoms with Gasteiger partial charge in [0, 0.05) is 25.2 Å². The number of rotatable bonds is 1. The van der Waals surface area contributed by atoms with Gasteiger partial charge in [0.15, 0.2) is 11.5 Å². The van der Waals surface area contributed by atoms with E-state index in [4.69, 9.17) is 9.47 Å². The molecular formula is C13H12BrN3O2. The van der Waals surface area contributed by atoms with E-state index in [9.17, 15) is 0 Å². The van der Waals surface area contributed by atoms with E-state index in [1.807, 2.05) is 18.2 Å². The van der Waals surface area contributed by atoms with Gasteiger partial charge in [-0.05, 0) is 34.1 Å². The van der Waals surface area contributed by atoms with Crippen LogP contribution < -0.4 is 14.8 Å². The van der Waals surface area contributed by atoms with Gasteiger partial charge in [-0.3, -0.25) is 0 Å². The van der Waals surface area contributed by atoms with Crippen LogP contribution in [-0.2, 0) is 13.1 Å². The number of hydrogen-bond acceptors (Lipinski definition) is 4. The summed E-state index contributed by atoms with van der Waals surface area (Å²) in [6.45, 7) is 3.04. The van der Waals surface area contributed by atoms with Crippen LogP contribution in [0.4, 0.5) is 0 Å². The van der Waals surface area contributed by atoms with Gasteiger partial charge >= 0.3 is 0 Å². The molecule has 2 aromatic rings. The maximum Gasteiger partial charge on any atom is 0.231 e. The second-order valence-electron chi connectivity index (χ2n) is 4.57. The molecule has 0 spiro atoms. The lowest BCUT2D eigenvalue weighted by Crippen LogP contribution is -2.28. The molecule has 2 aliphatic heterocycles. The number of fused-ring (bicyclic) bond motifs is 2. The molecule has 2 aliphatic rings. The molecule has 0 bridgehead atoms. The number of imidazole rings is 1. The highest BCUT2D eigenvalue weighted by Gasteiger charge is 2.21. The summed E-state index contributed by atoms with van der Waals surface area (Å²) in [7, 11) is 0. The molecule has 0 radical (unpaired) electrons. The average Bonchev–Trinajstić information content (AvgIpc) is 3.03. The van der Waals surface area contributed by atoms with Crippen LogP contribution in [0.25, 0.3) is 11.4 Å². The first-order valence-corrected chi connectivity index (χ1v) is 6.98. The highest BCUT2D eigenvalue weighted by atomic mass is 79.9. The Kier molecular flexibility index (Phi) is 2.53. The molecule has 98 valence electrons. The van der Waals surface area contributed by atoms with Gasteiger partial charge in [-0.25, -0.2) is 4.98 Å². The second kappa shape index (κ2) is 4.25. The molecule has 1 aromatic heterocycles. The smallest absolute Gasteiger partial charge is 0.231 e. The molecule has 19 heavy (non-hydrogen) atoms. The van der Waals surface area contributed by atoms with E-state index < -0.39 is 0 Å². The minimum Gasteiger partial charge on any atom is -0.454 e. The molecule has 4 rings (SSSR count). The van der Waals surface area contributed by atoms with Gasteiger partial charge in [0.2, 0.25) is 6.79 Å². The third-order valence-electron chi connectivity index (χ3n) is 3.46. The molecule has 5 nitrogen and oxygen atoms in total. The van der Waals surface area contributed by atoms with Crippen LogP contribution in [-0.4, -0.2) is 22.9 Å². The standard InChI is InChI=1S/C13H12BrN3O2/c14-12-9-6-15-3-4-17(9)13(16-12)8-1-2-10-11(5-8)19-7-18-10/h1-2,5,15H,3-4,6-7H2. The normalized spacial score (nSPS) is 16.5. The Morgan fingerprint density at radius 2 is 2.16 bits per heavy atom. The monoisotopic (exact) mass is 321 g/mol. The average molecular weight is 322 g/mol. The van der Waals surface area contributed by atoms with Gasteiger partial charge in [-0.2, -0.15) is 0 Å². The zero-order chi connectivity index (χ0) is 12.8. The minimum absolute atomic E-state index is 0.298. The fourth-order valence-electron chi connectivity index (χ4n) is 2.52. The zero-order valence-electron chi connectivity index (χ0n) is 10.1. The van der Waals surface area contributed by atoms with Gasteiger partial charge < -0.3 is 19.4 Å². The Morgan fingerprint density at radius 3 is 3.11 bits per heavy atom. The van der Waals surface area contributed by atoms with Crippen LogP contribution in [0.15, 0.2) is 22.8 Å². The van der Waals surface area contributed by atoms with E-state index in [1.54, 1.807) is 0 Å². The van der Waals surface area contributed by atoms with Crippen LogP contribution in [0.3, 0.4) is 0 Å². The highest BCUT2D eigenvalue weighted by Crippen LogP contribution is 2.36. The molecule has 6 heteroatoms. The van der Waals surface area contributed by atoms with E-state index in [1.165, 1.54) is 5.69 Å². The molecular weight excluding hydrogens is 310 g/mol. The molecule has 0 aliphatic carbocycles. The zero-order valence-corrected chi connectivity index (χ0v) is 11.7. The highest BCUT2D eigenvalue weighted by molar-refractivity contribution is 9.10. The number of benzene rings is 1. The van der Waals surface area contributed by atoms with Crippen molar-refractivity contribution in [3.63, 3.8) is 0 Å². The first kappa shape index (κ1) is 11.3. The van der Waals surface area contributed by atoms with Crippen LogP contribution >= 0.6 is 15.9 Å². The first-order valence-electron chi connectivity index (χ1n) is 6.18. The Hall–Kier alpha value is -1.53. The topological polar surface area (TPSA) is 48.3 Å². The maximum absolute atomic E-state index is 5.43. The predicted octanol–water partition coefficient (Wildman–Crippen LogP) is 2.14. The second-order valence-corrected chi connectivity index (χ2v) is 5.32. The van der Waals surface area contributed by atoms with E-state index in [-0.39, 0.29) is 0 Å². The largest absolute Gasteiger partial charge is 0.454 e. The van der Waals surface area contributed by atoms with Crippen molar-refractivity contribution in [2.24, 2.45) is 0 Å². The molecule has 1 N–H and O–H groups in total. The van der Waals surface area contributed by atoms with Gasteiger partial charge in [0.05, 0.1) is 5.69 Å². The van der Waals surface area contributed by atoms with Crippen molar-refractivity contribution in [1.29, 1.82) is 0 Å². The fraction of sp³-hybridized carbons (Fsp3) is 0.308. The number of nitrogens with zero attached hydrogens (tertiary/aromatic N) is 2. The Labute approximate surface area is 118 Å². The Balaban J connectivity index is 1.84. The summed E-state index contributed by atoms with van der Waals surface area (Å²) < 4.78 is 13.9. The number of ether oxygens (including phenoxy) is 2. The predicted molar refractivity (Wildman–Crippen MR) is 73.2 cm³/mol. The SMILES string of the molecule is Brc1nc(-c2ccc3c(c2)OCO3)n2c1CNCC2. The summed E-state index contributed by atoms with van der Waals surface area (Å²) in [6.07, 6.45) is 0. The Morgan fingerprint density at radius 1 is 1.26 bits per heavy atom. The van der Waals surface area contributed by atoms with Crippen LogP contribution in [0.1, 0.15) is 5.69 Å². The molecule has 0 saturated heterocycles. The quantitative estimate of drug-likeness (QED) is 0.874. The lowest BCUT2D eigenvalue weighted by molar-refractivity contribution is 0.174. The Bertz CT molecular complexity index is 654. The summed E-state index contributed by atoms with van der Waals surface area (Å²) in [4.78, 5) is 4.63. The van der Waals surface area contributed by atoms with Crippen molar-refractivity contribution in [3.05, 3.63) is 28.5 Å². The fourth-order valence-corrected chi connectivity index (χ4v) is 3.04. The summed E-state index contributed by atoms with van der Waals surface area (Å²) in [6, 6.07) is 5.96. The van der Waals surface area contributed by atoms with E-state index >= 15 is 0 Å². The summed E-state index contributed by atoms with van der Waals surface area (Å²) in [5, 5.41) is 3.35. The molecule has 3 heterocycles. The first-order chi connectivity index (χ1) is 9.33. The van der Waals surface area contributed by atoms with Crippen LogP contribution in [0, 0.1) is 0 Å². The lowest BCUT2D eigenvalue weighted by Gasteiger charge is -2.18. The number of hydrogen-bond donors (Lipinski definition) is 1. The third-order valence-corrected chi connectivity index (χ3v) is 4.09. The molecule has 0 fully saturated rings. The minimum atomic E-state index is 0.298. The lowest BCUT2D eigenvalue weighted by atomic mass is 10.2. The van der Waals surface area contributed by atoms with E-state index in [0.29, 0.717) is 6.79 Å². The van der Waals surface area contributed by atoms with Crippen molar-refractivity contribution in [1.82, 2.24) is 14.9 Å².